The van der Waals surface area contributed by atoms with Gasteiger partial charge < -0.3 is 14.1 Å². The largest absolute Gasteiger partial charge is 0.490 e. The molecule has 0 spiro atoms. The summed E-state index contributed by atoms with van der Waals surface area (Å²) in [5, 5.41) is 0.600. The quantitative estimate of drug-likeness (QED) is 0.819. The number of likely N-dealkylation sites (tertiary alicyclic amines) is 1. The zero-order chi connectivity index (χ0) is 18.2. The van der Waals surface area contributed by atoms with Crippen LogP contribution in [0.15, 0.2) is 33.7 Å². The number of ether oxygens (including phenoxy) is 1. The number of nitrogens with zero attached hydrogens (tertiary/aromatic N) is 1. The molecule has 0 N–H and O–H groups in total. The van der Waals surface area contributed by atoms with Crippen LogP contribution in [0, 0.1) is 5.92 Å². The van der Waals surface area contributed by atoms with Crippen molar-refractivity contribution in [2.75, 3.05) is 20.1 Å². The third-order valence-corrected chi connectivity index (χ3v) is 5.10. The first kappa shape index (κ1) is 18.0. The van der Waals surface area contributed by atoms with Gasteiger partial charge in [0.05, 0.1) is 11.6 Å². The molecule has 1 aromatic heterocycles. The fraction of sp³-hybridized carbons (Fsp3) is 0.571. The molecule has 1 fully saturated rings. The van der Waals surface area contributed by atoms with E-state index < -0.39 is 0 Å². The van der Waals surface area contributed by atoms with Crippen LogP contribution in [0.25, 0.3) is 11.0 Å². The molecule has 2 aromatic rings. The van der Waals surface area contributed by atoms with Gasteiger partial charge in [-0.25, -0.2) is 0 Å². The molecular weight excluding hydrogens is 314 g/mol. The third kappa shape index (κ3) is 3.90. The average molecular weight is 343 g/mol. The standard InChI is InChI=1S/C21H29NO3/c1-14-12-22(5)10-6-7-18(14)25-15-8-9-19-16(11-15)20(23)17(13-24-19)21(2,3)4/h8-9,11,13-14,18H,6-7,10,12H2,1-5H3. The maximum Gasteiger partial charge on any atom is 0.196 e. The van der Waals surface area contributed by atoms with Crippen molar-refractivity contribution in [1.29, 1.82) is 0 Å². The molecule has 0 bridgehead atoms. The minimum atomic E-state index is -0.244. The van der Waals surface area contributed by atoms with Crippen LogP contribution < -0.4 is 10.2 Å². The van der Waals surface area contributed by atoms with Crippen LogP contribution in [0.2, 0.25) is 0 Å². The predicted molar refractivity (Wildman–Crippen MR) is 101 cm³/mol. The second-order valence-electron chi connectivity index (χ2n) is 8.42. The Kier molecular flexibility index (Phi) is 4.92. The molecule has 0 aliphatic carbocycles. The molecule has 1 saturated heterocycles. The van der Waals surface area contributed by atoms with Crippen LogP contribution in [-0.2, 0) is 5.41 Å². The fourth-order valence-corrected chi connectivity index (χ4v) is 3.60. The Hall–Kier alpha value is -1.81. The normalized spacial score (nSPS) is 22.8. The van der Waals surface area contributed by atoms with Crippen LogP contribution in [0.3, 0.4) is 0 Å². The molecule has 136 valence electrons. The highest BCUT2D eigenvalue weighted by molar-refractivity contribution is 5.78. The lowest BCUT2D eigenvalue weighted by atomic mass is 9.87. The lowest BCUT2D eigenvalue weighted by Crippen LogP contribution is -2.30. The van der Waals surface area contributed by atoms with E-state index in [0.29, 0.717) is 22.5 Å². The van der Waals surface area contributed by atoms with Crippen LogP contribution in [-0.4, -0.2) is 31.1 Å². The average Bonchev–Trinajstić information content (AvgIpc) is 2.68. The van der Waals surface area contributed by atoms with Gasteiger partial charge in [0.15, 0.2) is 5.43 Å². The van der Waals surface area contributed by atoms with Crippen molar-refractivity contribution in [2.24, 2.45) is 5.92 Å². The maximum atomic E-state index is 12.9. The van der Waals surface area contributed by atoms with Crippen LogP contribution in [0.5, 0.6) is 5.75 Å². The van der Waals surface area contributed by atoms with Gasteiger partial charge in [-0.3, -0.25) is 4.79 Å². The van der Waals surface area contributed by atoms with Crippen LogP contribution >= 0.6 is 0 Å². The highest BCUT2D eigenvalue weighted by Crippen LogP contribution is 2.27. The lowest BCUT2D eigenvalue weighted by molar-refractivity contribution is 0.131. The molecule has 4 heteroatoms. The first-order valence-electron chi connectivity index (χ1n) is 9.17. The van der Waals surface area contributed by atoms with Crippen molar-refractivity contribution in [3.63, 3.8) is 0 Å². The number of fused-ring (bicyclic) bond motifs is 1. The Balaban J connectivity index is 1.92. The Morgan fingerprint density at radius 2 is 2.04 bits per heavy atom. The number of rotatable bonds is 2. The van der Waals surface area contributed by atoms with Crippen molar-refractivity contribution in [1.82, 2.24) is 4.90 Å². The molecular formula is C21H29NO3. The summed E-state index contributed by atoms with van der Waals surface area (Å²) in [4.78, 5) is 15.2. The molecule has 0 saturated carbocycles. The lowest BCUT2D eigenvalue weighted by Gasteiger charge is -2.24. The summed E-state index contributed by atoms with van der Waals surface area (Å²) in [6.45, 7) is 10.5. The zero-order valence-corrected chi connectivity index (χ0v) is 16.0. The van der Waals surface area contributed by atoms with E-state index in [1.54, 1.807) is 6.26 Å². The molecule has 2 atom stereocenters. The Labute approximate surface area is 149 Å². The van der Waals surface area contributed by atoms with E-state index in [2.05, 4.69) is 18.9 Å². The highest BCUT2D eigenvalue weighted by atomic mass is 16.5. The molecule has 1 aliphatic heterocycles. The van der Waals surface area contributed by atoms with Crippen molar-refractivity contribution >= 4 is 11.0 Å². The number of benzene rings is 1. The van der Waals surface area contributed by atoms with Gasteiger partial charge in [0, 0.05) is 18.0 Å². The minimum absolute atomic E-state index is 0.0350. The molecule has 1 aromatic carbocycles. The summed E-state index contributed by atoms with van der Waals surface area (Å²) in [6.07, 6.45) is 3.95. The molecule has 4 nitrogen and oxygen atoms in total. The second-order valence-corrected chi connectivity index (χ2v) is 8.42. The Morgan fingerprint density at radius 3 is 2.76 bits per heavy atom. The van der Waals surface area contributed by atoms with Crippen LogP contribution in [0.4, 0.5) is 0 Å². The van der Waals surface area contributed by atoms with Gasteiger partial charge in [0.2, 0.25) is 0 Å². The fourth-order valence-electron chi connectivity index (χ4n) is 3.60. The maximum absolute atomic E-state index is 12.9. The molecule has 25 heavy (non-hydrogen) atoms. The van der Waals surface area contributed by atoms with E-state index in [9.17, 15) is 4.79 Å². The molecule has 1 aliphatic rings. The van der Waals surface area contributed by atoms with Gasteiger partial charge in [-0.15, -0.1) is 0 Å². The molecule has 2 unspecified atom stereocenters. The van der Waals surface area contributed by atoms with E-state index in [1.807, 2.05) is 39.0 Å². The van der Waals surface area contributed by atoms with E-state index in [-0.39, 0.29) is 16.9 Å². The van der Waals surface area contributed by atoms with Gasteiger partial charge in [-0.2, -0.15) is 0 Å². The van der Waals surface area contributed by atoms with Crippen molar-refractivity contribution < 1.29 is 9.15 Å². The van der Waals surface area contributed by atoms with Gasteiger partial charge in [0.25, 0.3) is 0 Å². The number of hydrogen-bond acceptors (Lipinski definition) is 4. The number of hydrogen-bond donors (Lipinski definition) is 0. The summed E-state index contributed by atoms with van der Waals surface area (Å²) in [6, 6.07) is 5.59. The van der Waals surface area contributed by atoms with Gasteiger partial charge in [0.1, 0.15) is 17.4 Å². The topological polar surface area (TPSA) is 42.7 Å². The predicted octanol–water partition coefficient (Wildman–Crippen LogP) is 4.20. The first-order chi connectivity index (χ1) is 11.8. The van der Waals surface area contributed by atoms with Crippen molar-refractivity contribution in [2.45, 2.75) is 52.1 Å². The van der Waals surface area contributed by atoms with E-state index in [4.69, 9.17) is 9.15 Å². The molecule has 2 heterocycles. The molecule has 0 radical (unpaired) electrons. The van der Waals surface area contributed by atoms with Crippen LogP contribution in [0.1, 0.15) is 46.1 Å². The Bertz CT molecular complexity index is 803. The highest BCUT2D eigenvalue weighted by Gasteiger charge is 2.24. The van der Waals surface area contributed by atoms with Gasteiger partial charge in [-0.05, 0) is 50.0 Å². The monoisotopic (exact) mass is 343 g/mol. The summed E-state index contributed by atoms with van der Waals surface area (Å²) < 4.78 is 12.0. The van der Waals surface area contributed by atoms with Crippen molar-refractivity contribution in [3.8, 4) is 5.75 Å². The third-order valence-electron chi connectivity index (χ3n) is 5.10. The van der Waals surface area contributed by atoms with E-state index in [0.717, 1.165) is 31.7 Å². The van der Waals surface area contributed by atoms with E-state index in [1.165, 1.54) is 0 Å². The minimum Gasteiger partial charge on any atom is -0.490 e. The summed E-state index contributed by atoms with van der Waals surface area (Å²) in [5.74, 6) is 1.22. The summed E-state index contributed by atoms with van der Waals surface area (Å²) in [5.41, 5.74) is 1.10. The summed E-state index contributed by atoms with van der Waals surface area (Å²) >= 11 is 0. The Morgan fingerprint density at radius 1 is 1.28 bits per heavy atom. The van der Waals surface area contributed by atoms with Crippen molar-refractivity contribution in [3.05, 3.63) is 40.2 Å². The SMILES string of the molecule is CC1CN(C)CCCC1Oc1ccc2occ(C(C)(C)C)c(=O)c2c1. The smallest absolute Gasteiger partial charge is 0.196 e. The first-order valence-corrected chi connectivity index (χ1v) is 9.17. The zero-order valence-electron chi connectivity index (χ0n) is 16.0. The summed E-state index contributed by atoms with van der Waals surface area (Å²) in [7, 11) is 2.16. The second kappa shape index (κ2) is 6.83. The van der Waals surface area contributed by atoms with E-state index >= 15 is 0 Å². The molecule has 3 rings (SSSR count). The van der Waals surface area contributed by atoms with Gasteiger partial charge in [-0.1, -0.05) is 27.7 Å². The van der Waals surface area contributed by atoms with Gasteiger partial charge >= 0.3 is 0 Å². The molecule has 0 amide bonds.